The van der Waals surface area contributed by atoms with Gasteiger partial charge >= 0.3 is 0 Å². The predicted molar refractivity (Wildman–Crippen MR) is 112 cm³/mol. The van der Waals surface area contributed by atoms with Gasteiger partial charge in [0.25, 0.3) is 5.91 Å². The molecule has 0 saturated carbocycles. The molecule has 0 aliphatic rings. The monoisotopic (exact) mass is 364 g/mol. The average molecular weight is 364 g/mol. The molecule has 3 heteroatoms. The molecule has 0 atom stereocenters. The smallest absolute Gasteiger partial charge is 0.252 e. The highest BCUT2D eigenvalue weighted by Crippen LogP contribution is 2.23. The molecular weight excluding hydrogens is 344 g/mol. The SMILES string of the molecule is O=C(NC(c1ccccc1)c1ccccc1)c1ccc(-c2cccnc2)cc1. The normalized spacial score (nSPS) is 10.6. The summed E-state index contributed by atoms with van der Waals surface area (Å²) in [6.07, 6.45) is 3.56. The summed E-state index contributed by atoms with van der Waals surface area (Å²) in [5.74, 6) is -0.101. The maximum Gasteiger partial charge on any atom is 0.252 e. The van der Waals surface area contributed by atoms with E-state index in [-0.39, 0.29) is 11.9 Å². The Morgan fingerprint density at radius 2 is 1.29 bits per heavy atom. The second-order valence-corrected chi connectivity index (χ2v) is 6.55. The molecule has 0 bridgehead atoms. The van der Waals surface area contributed by atoms with Crippen LogP contribution in [0.3, 0.4) is 0 Å². The summed E-state index contributed by atoms with van der Waals surface area (Å²) in [6.45, 7) is 0. The Balaban J connectivity index is 1.58. The molecule has 4 rings (SSSR count). The van der Waals surface area contributed by atoms with Crippen molar-refractivity contribution in [1.82, 2.24) is 10.3 Å². The number of amides is 1. The number of nitrogens with one attached hydrogen (secondary N) is 1. The molecule has 0 fully saturated rings. The molecule has 0 radical (unpaired) electrons. The Bertz CT molecular complexity index is 991. The van der Waals surface area contributed by atoms with Crippen molar-refractivity contribution in [2.75, 3.05) is 0 Å². The minimum atomic E-state index is -0.201. The molecule has 0 spiro atoms. The van der Waals surface area contributed by atoms with Crippen LogP contribution in [0.15, 0.2) is 109 Å². The molecule has 1 aromatic heterocycles. The van der Waals surface area contributed by atoms with Crippen LogP contribution >= 0.6 is 0 Å². The van der Waals surface area contributed by atoms with Crippen molar-refractivity contribution in [2.24, 2.45) is 0 Å². The van der Waals surface area contributed by atoms with Crippen LogP contribution in [-0.4, -0.2) is 10.9 Å². The zero-order valence-corrected chi connectivity index (χ0v) is 15.3. The summed E-state index contributed by atoms with van der Waals surface area (Å²) in [5, 5.41) is 3.17. The van der Waals surface area contributed by atoms with E-state index in [9.17, 15) is 4.79 Å². The molecule has 136 valence electrons. The maximum absolute atomic E-state index is 12.9. The Morgan fingerprint density at radius 3 is 1.82 bits per heavy atom. The number of nitrogens with zero attached hydrogens (tertiary/aromatic N) is 1. The average Bonchev–Trinajstić information content (AvgIpc) is 2.79. The maximum atomic E-state index is 12.9. The van der Waals surface area contributed by atoms with Crippen molar-refractivity contribution in [3.05, 3.63) is 126 Å². The van der Waals surface area contributed by atoms with Gasteiger partial charge < -0.3 is 5.32 Å². The van der Waals surface area contributed by atoms with E-state index < -0.39 is 0 Å². The zero-order valence-electron chi connectivity index (χ0n) is 15.3. The van der Waals surface area contributed by atoms with Crippen LogP contribution in [0.25, 0.3) is 11.1 Å². The van der Waals surface area contributed by atoms with Crippen LogP contribution in [0.4, 0.5) is 0 Å². The highest BCUT2D eigenvalue weighted by atomic mass is 16.1. The first-order valence-electron chi connectivity index (χ1n) is 9.22. The van der Waals surface area contributed by atoms with Gasteiger partial charge in [0, 0.05) is 18.0 Å². The summed E-state index contributed by atoms with van der Waals surface area (Å²) in [4.78, 5) is 17.1. The van der Waals surface area contributed by atoms with Crippen LogP contribution < -0.4 is 5.32 Å². The standard InChI is InChI=1S/C25H20N2O/c28-25(22-15-13-19(14-16-22)23-12-7-17-26-18-23)27-24(20-8-3-1-4-9-20)21-10-5-2-6-11-21/h1-18,24H,(H,27,28). The number of carbonyl (C=O) groups is 1. The quantitative estimate of drug-likeness (QED) is 0.524. The van der Waals surface area contributed by atoms with Crippen LogP contribution in [0.2, 0.25) is 0 Å². The second kappa shape index (κ2) is 8.31. The Hall–Kier alpha value is -3.72. The molecule has 3 nitrogen and oxygen atoms in total. The van der Waals surface area contributed by atoms with Crippen LogP contribution in [-0.2, 0) is 0 Å². The number of hydrogen-bond acceptors (Lipinski definition) is 2. The molecule has 1 N–H and O–H groups in total. The van der Waals surface area contributed by atoms with E-state index in [4.69, 9.17) is 0 Å². The van der Waals surface area contributed by atoms with Gasteiger partial charge in [-0.25, -0.2) is 0 Å². The van der Waals surface area contributed by atoms with Crippen LogP contribution in [0, 0.1) is 0 Å². The number of rotatable bonds is 5. The van der Waals surface area contributed by atoms with E-state index in [0.29, 0.717) is 5.56 Å². The molecule has 3 aromatic carbocycles. The Morgan fingerprint density at radius 1 is 0.679 bits per heavy atom. The summed E-state index contributed by atoms with van der Waals surface area (Å²) in [7, 11) is 0. The second-order valence-electron chi connectivity index (χ2n) is 6.55. The summed E-state index contributed by atoms with van der Waals surface area (Å²) in [5.41, 5.74) is 4.79. The van der Waals surface area contributed by atoms with Gasteiger partial charge in [0.15, 0.2) is 0 Å². The molecule has 28 heavy (non-hydrogen) atoms. The van der Waals surface area contributed by atoms with Crippen molar-refractivity contribution in [3.8, 4) is 11.1 Å². The number of carbonyl (C=O) groups excluding carboxylic acids is 1. The van der Waals surface area contributed by atoms with Gasteiger partial charge in [0.1, 0.15) is 0 Å². The lowest BCUT2D eigenvalue weighted by Gasteiger charge is -2.20. The predicted octanol–water partition coefficient (Wildman–Crippen LogP) is 5.27. The largest absolute Gasteiger partial charge is 0.341 e. The molecule has 0 saturated heterocycles. The third-order valence-electron chi connectivity index (χ3n) is 4.68. The summed E-state index contributed by atoms with van der Waals surface area (Å²) >= 11 is 0. The summed E-state index contributed by atoms with van der Waals surface area (Å²) < 4.78 is 0. The number of aromatic nitrogens is 1. The fourth-order valence-corrected chi connectivity index (χ4v) is 3.21. The van der Waals surface area contributed by atoms with Gasteiger partial charge in [0.05, 0.1) is 6.04 Å². The first-order chi connectivity index (χ1) is 13.8. The molecule has 4 aromatic rings. The lowest BCUT2D eigenvalue weighted by atomic mass is 9.98. The van der Waals surface area contributed by atoms with Crippen molar-refractivity contribution < 1.29 is 4.79 Å². The number of benzene rings is 3. The van der Waals surface area contributed by atoms with E-state index in [2.05, 4.69) is 10.3 Å². The lowest BCUT2D eigenvalue weighted by Crippen LogP contribution is -2.29. The van der Waals surface area contributed by atoms with E-state index in [1.165, 1.54) is 0 Å². The van der Waals surface area contributed by atoms with Crippen molar-refractivity contribution in [1.29, 1.82) is 0 Å². The van der Waals surface area contributed by atoms with Gasteiger partial charge in [-0.3, -0.25) is 9.78 Å². The van der Waals surface area contributed by atoms with Gasteiger partial charge in [-0.1, -0.05) is 78.9 Å². The van der Waals surface area contributed by atoms with Crippen molar-refractivity contribution in [3.63, 3.8) is 0 Å². The molecule has 1 heterocycles. The zero-order chi connectivity index (χ0) is 19.2. The Labute approximate surface area is 164 Å². The molecule has 0 aliphatic carbocycles. The van der Waals surface area contributed by atoms with E-state index in [0.717, 1.165) is 22.3 Å². The number of pyridine rings is 1. The van der Waals surface area contributed by atoms with E-state index >= 15 is 0 Å². The number of hydrogen-bond donors (Lipinski definition) is 1. The van der Waals surface area contributed by atoms with E-state index in [1.54, 1.807) is 6.20 Å². The van der Waals surface area contributed by atoms with Gasteiger partial charge in [-0.05, 0) is 40.5 Å². The third kappa shape index (κ3) is 3.99. The molecule has 0 aliphatic heterocycles. The molecular formula is C25H20N2O. The van der Waals surface area contributed by atoms with Crippen LogP contribution in [0.5, 0.6) is 0 Å². The van der Waals surface area contributed by atoms with Crippen molar-refractivity contribution >= 4 is 5.91 Å². The van der Waals surface area contributed by atoms with Gasteiger partial charge in [-0.2, -0.15) is 0 Å². The highest BCUT2D eigenvalue weighted by Gasteiger charge is 2.17. The third-order valence-corrected chi connectivity index (χ3v) is 4.68. The fourth-order valence-electron chi connectivity index (χ4n) is 3.21. The van der Waals surface area contributed by atoms with E-state index in [1.807, 2.05) is 103 Å². The minimum Gasteiger partial charge on any atom is -0.341 e. The molecule has 1 amide bonds. The van der Waals surface area contributed by atoms with Crippen LogP contribution in [0.1, 0.15) is 27.5 Å². The van der Waals surface area contributed by atoms with Gasteiger partial charge in [0.2, 0.25) is 0 Å². The highest BCUT2D eigenvalue weighted by molar-refractivity contribution is 5.95. The summed E-state index contributed by atoms with van der Waals surface area (Å²) in [6, 6.07) is 31.3. The fraction of sp³-hybridized carbons (Fsp3) is 0.0400. The van der Waals surface area contributed by atoms with Gasteiger partial charge in [-0.15, -0.1) is 0 Å². The topological polar surface area (TPSA) is 42.0 Å². The lowest BCUT2D eigenvalue weighted by molar-refractivity contribution is 0.0943. The van der Waals surface area contributed by atoms with Crippen molar-refractivity contribution in [2.45, 2.75) is 6.04 Å². The minimum absolute atomic E-state index is 0.101. The first-order valence-corrected chi connectivity index (χ1v) is 9.22. The first kappa shape index (κ1) is 17.7. The Kier molecular flexibility index (Phi) is 5.25. The molecule has 0 unspecified atom stereocenters.